The van der Waals surface area contributed by atoms with Crippen molar-refractivity contribution in [2.75, 3.05) is 32.2 Å². The first-order chi connectivity index (χ1) is 14.1. The number of anilines is 1. The molecule has 1 aliphatic heterocycles. The molecule has 1 heterocycles. The molecule has 0 amide bonds. The van der Waals surface area contributed by atoms with Crippen molar-refractivity contribution in [2.45, 2.75) is 32.9 Å². The van der Waals surface area contributed by atoms with E-state index < -0.39 is 0 Å². The van der Waals surface area contributed by atoms with E-state index in [4.69, 9.17) is 15.2 Å². The second-order valence-corrected chi connectivity index (χ2v) is 7.58. The van der Waals surface area contributed by atoms with E-state index in [-0.39, 0.29) is 0 Å². The second kappa shape index (κ2) is 10.0. The van der Waals surface area contributed by atoms with E-state index in [1.54, 1.807) is 14.2 Å². The maximum absolute atomic E-state index is 6.03. The highest BCUT2D eigenvalue weighted by atomic mass is 16.5. The van der Waals surface area contributed by atoms with E-state index in [1.165, 1.54) is 24.1 Å². The average molecular weight is 397 g/mol. The lowest BCUT2D eigenvalue weighted by Gasteiger charge is -2.32. The Labute approximate surface area is 173 Å². The number of nitrogens with one attached hydrogen (secondary N) is 1. The maximum atomic E-state index is 6.03. The fourth-order valence-corrected chi connectivity index (χ4v) is 3.50. The summed E-state index contributed by atoms with van der Waals surface area (Å²) < 4.78 is 10.6. The van der Waals surface area contributed by atoms with Gasteiger partial charge in [0, 0.05) is 25.3 Å². The molecule has 0 aromatic heterocycles. The molecule has 0 saturated carbocycles. The number of hydrogen-bond donors (Lipinski definition) is 2. The lowest BCUT2D eigenvalue weighted by Crippen LogP contribution is -2.33. The van der Waals surface area contributed by atoms with Crippen LogP contribution in [-0.2, 0) is 13.1 Å². The summed E-state index contributed by atoms with van der Waals surface area (Å²) in [6.45, 7) is 5.76. The Kier molecular flexibility index (Phi) is 7.22. The number of ether oxygens (including phenoxy) is 2. The van der Waals surface area contributed by atoms with Crippen molar-refractivity contribution >= 4 is 11.6 Å². The van der Waals surface area contributed by atoms with Crippen molar-refractivity contribution in [3.63, 3.8) is 0 Å². The Balaban J connectivity index is 1.50. The first-order valence-corrected chi connectivity index (χ1v) is 10.2. The van der Waals surface area contributed by atoms with Gasteiger partial charge in [0.1, 0.15) is 0 Å². The SMILES string of the molecule is COc1ccc(CN=C(N)NCc2ccc(N3CCC(C)CC3)cc2)cc1OC. The Morgan fingerprint density at radius 2 is 1.69 bits per heavy atom. The molecule has 0 radical (unpaired) electrons. The average Bonchev–Trinajstić information content (AvgIpc) is 2.77. The lowest BCUT2D eigenvalue weighted by atomic mass is 9.99. The predicted molar refractivity (Wildman–Crippen MR) is 119 cm³/mol. The summed E-state index contributed by atoms with van der Waals surface area (Å²) in [5.41, 5.74) is 9.52. The molecule has 156 valence electrons. The number of aliphatic imine (C=N–C) groups is 1. The molecule has 0 unspecified atom stereocenters. The molecule has 0 spiro atoms. The highest BCUT2D eigenvalue weighted by molar-refractivity contribution is 5.77. The van der Waals surface area contributed by atoms with Crippen LogP contribution in [0.15, 0.2) is 47.5 Å². The van der Waals surface area contributed by atoms with Crippen LogP contribution < -0.4 is 25.4 Å². The van der Waals surface area contributed by atoms with E-state index in [2.05, 4.69) is 46.4 Å². The van der Waals surface area contributed by atoms with Crippen LogP contribution in [-0.4, -0.2) is 33.3 Å². The topological polar surface area (TPSA) is 72.1 Å². The Morgan fingerprint density at radius 3 is 2.34 bits per heavy atom. The third-order valence-corrected chi connectivity index (χ3v) is 5.44. The van der Waals surface area contributed by atoms with Crippen molar-refractivity contribution in [2.24, 2.45) is 16.6 Å². The van der Waals surface area contributed by atoms with Crippen molar-refractivity contribution < 1.29 is 9.47 Å². The summed E-state index contributed by atoms with van der Waals surface area (Å²) in [5.74, 6) is 2.66. The number of hydrogen-bond acceptors (Lipinski definition) is 4. The van der Waals surface area contributed by atoms with Gasteiger partial charge >= 0.3 is 0 Å². The first-order valence-electron chi connectivity index (χ1n) is 10.2. The molecule has 1 saturated heterocycles. The largest absolute Gasteiger partial charge is 0.493 e. The van der Waals surface area contributed by atoms with Gasteiger partial charge in [-0.25, -0.2) is 4.99 Å². The summed E-state index contributed by atoms with van der Waals surface area (Å²) >= 11 is 0. The van der Waals surface area contributed by atoms with Gasteiger partial charge in [-0.05, 0) is 54.2 Å². The van der Waals surface area contributed by atoms with Crippen LogP contribution in [0.2, 0.25) is 0 Å². The lowest BCUT2D eigenvalue weighted by molar-refractivity contribution is 0.354. The zero-order chi connectivity index (χ0) is 20.6. The second-order valence-electron chi connectivity index (χ2n) is 7.58. The standard InChI is InChI=1S/C23H32N4O2/c1-17-10-12-27(13-11-17)20-7-4-18(5-8-20)15-25-23(24)26-16-19-6-9-21(28-2)22(14-19)29-3/h4-9,14,17H,10-13,15-16H2,1-3H3,(H3,24,25,26). The van der Waals surface area contributed by atoms with Crippen molar-refractivity contribution in [3.05, 3.63) is 53.6 Å². The summed E-state index contributed by atoms with van der Waals surface area (Å²) in [7, 11) is 3.25. The smallest absolute Gasteiger partial charge is 0.189 e. The van der Waals surface area contributed by atoms with Crippen LogP contribution in [0.4, 0.5) is 5.69 Å². The van der Waals surface area contributed by atoms with Gasteiger partial charge in [-0.1, -0.05) is 25.1 Å². The summed E-state index contributed by atoms with van der Waals surface area (Å²) in [6, 6.07) is 14.4. The number of piperidine rings is 1. The van der Waals surface area contributed by atoms with E-state index in [0.29, 0.717) is 30.5 Å². The Morgan fingerprint density at radius 1 is 1.03 bits per heavy atom. The van der Waals surface area contributed by atoms with Crippen molar-refractivity contribution in [3.8, 4) is 11.5 Å². The van der Waals surface area contributed by atoms with Crippen LogP contribution in [0, 0.1) is 5.92 Å². The fourth-order valence-electron chi connectivity index (χ4n) is 3.50. The zero-order valence-electron chi connectivity index (χ0n) is 17.6. The fraction of sp³-hybridized carbons (Fsp3) is 0.435. The monoisotopic (exact) mass is 396 g/mol. The van der Waals surface area contributed by atoms with Gasteiger partial charge < -0.3 is 25.4 Å². The molecular formula is C23H32N4O2. The van der Waals surface area contributed by atoms with Crippen LogP contribution in [0.25, 0.3) is 0 Å². The summed E-state index contributed by atoms with van der Waals surface area (Å²) in [6.07, 6.45) is 2.55. The summed E-state index contributed by atoms with van der Waals surface area (Å²) in [4.78, 5) is 6.89. The van der Waals surface area contributed by atoms with Gasteiger partial charge in [0.2, 0.25) is 0 Å². The Bertz CT molecular complexity index is 812. The molecule has 6 heteroatoms. The van der Waals surface area contributed by atoms with Crippen LogP contribution in [0.1, 0.15) is 30.9 Å². The van der Waals surface area contributed by atoms with Crippen LogP contribution >= 0.6 is 0 Å². The highest BCUT2D eigenvalue weighted by Gasteiger charge is 2.15. The molecular weight excluding hydrogens is 364 g/mol. The number of benzene rings is 2. The number of rotatable bonds is 7. The van der Waals surface area contributed by atoms with Gasteiger partial charge in [-0.2, -0.15) is 0 Å². The quantitative estimate of drug-likeness (QED) is 0.553. The van der Waals surface area contributed by atoms with Gasteiger partial charge in [0.25, 0.3) is 0 Å². The minimum Gasteiger partial charge on any atom is -0.493 e. The molecule has 0 aliphatic carbocycles. The van der Waals surface area contributed by atoms with Crippen LogP contribution in [0.3, 0.4) is 0 Å². The number of nitrogens with two attached hydrogens (primary N) is 1. The molecule has 3 rings (SSSR count). The minimum atomic E-state index is 0.425. The van der Waals surface area contributed by atoms with Gasteiger partial charge in [0.15, 0.2) is 17.5 Å². The van der Waals surface area contributed by atoms with Gasteiger partial charge in [-0.15, -0.1) is 0 Å². The minimum absolute atomic E-state index is 0.425. The number of methoxy groups -OCH3 is 2. The van der Waals surface area contributed by atoms with Crippen molar-refractivity contribution in [1.29, 1.82) is 0 Å². The van der Waals surface area contributed by atoms with Crippen molar-refractivity contribution in [1.82, 2.24) is 5.32 Å². The maximum Gasteiger partial charge on any atom is 0.189 e. The first kappa shape index (κ1) is 20.8. The molecule has 2 aromatic carbocycles. The van der Waals surface area contributed by atoms with Gasteiger partial charge in [0.05, 0.1) is 20.8 Å². The highest BCUT2D eigenvalue weighted by Crippen LogP contribution is 2.27. The number of guanidine groups is 1. The molecule has 3 N–H and O–H groups in total. The van der Waals surface area contributed by atoms with E-state index in [1.807, 2.05) is 18.2 Å². The Hall–Kier alpha value is -2.89. The predicted octanol–water partition coefficient (Wildman–Crippen LogP) is 3.54. The normalized spacial score (nSPS) is 15.3. The molecule has 2 aromatic rings. The van der Waals surface area contributed by atoms with E-state index in [0.717, 1.165) is 24.6 Å². The van der Waals surface area contributed by atoms with Gasteiger partial charge in [-0.3, -0.25) is 0 Å². The third kappa shape index (κ3) is 5.79. The molecule has 1 aliphatic rings. The summed E-state index contributed by atoms with van der Waals surface area (Å²) in [5, 5.41) is 3.18. The van der Waals surface area contributed by atoms with E-state index in [9.17, 15) is 0 Å². The third-order valence-electron chi connectivity index (χ3n) is 5.44. The van der Waals surface area contributed by atoms with E-state index >= 15 is 0 Å². The molecule has 1 fully saturated rings. The molecule has 6 nitrogen and oxygen atoms in total. The zero-order valence-corrected chi connectivity index (χ0v) is 17.6. The number of nitrogens with zero attached hydrogens (tertiary/aromatic N) is 2. The molecule has 0 atom stereocenters. The van der Waals surface area contributed by atoms with Crippen LogP contribution in [0.5, 0.6) is 11.5 Å². The molecule has 0 bridgehead atoms. The molecule has 29 heavy (non-hydrogen) atoms.